The third kappa shape index (κ3) is 5.21. The summed E-state index contributed by atoms with van der Waals surface area (Å²) in [5, 5.41) is 12.0. The fraction of sp³-hybridized carbons (Fsp3) is 0.333. The first-order chi connectivity index (χ1) is 16.4. The van der Waals surface area contributed by atoms with Crippen LogP contribution in [-0.2, 0) is 6.54 Å². The lowest BCUT2D eigenvalue weighted by Crippen LogP contribution is -2.57. The number of piperazine rings is 1. The molecule has 0 bridgehead atoms. The smallest absolute Gasteiger partial charge is 0.274 e. The maximum Gasteiger partial charge on any atom is 0.274 e. The second kappa shape index (κ2) is 10.2. The average molecular weight is 461 g/mol. The molecule has 3 atom stereocenters. The first-order valence-electron chi connectivity index (χ1n) is 11.7. The fourth-order valence-corrected chi connectivity index (χ4v) is 4.74. The molecule has 2 heterocycles. The van der Waals surface area contributed by atoms with Gasteiger partial charge in [-0.05, 0) is 74.0 Å². The standard InChI is InChI=1S/C27H32N4O3/c1-18-13-24(11-12-28-18)23-5-4-6-25(14-23)27(33)30-15-19(2)31(20(3)16-30)17-21-7-9-22(10-8-21)26(32)29-34/h4-14,18-20,28,34H,15-17H2,1-3H3,(H,29,32)/t18?,19-,20+. The zero-order chi connectivity index (χ0) is 24.2. The normalized spacial score (nSPS) is 22.6. The van der Waals surface area contributed by atoms with Gasteiger partial charge in [-0.1, -0.05) is 30.3 Å². The minimum atomic E-state index is -0.522. The van der Waals surface area contributed by atoms with Gasteiger partial charge >= 0.3 is 0 Å². The predicted molar refractivity (Wildman–Crippen MR) is 132 cm³/mol. The van der Waals surface area contributed by atoms with Gasteiger partial charge in [-0.15, -0.1) is 0 Å². The van der Waals surface area contributed by atoms with E-state index in [0.29, 0.717) is 24.2 Å². The third-order valence-corrected chi connectivity index (χ3v) is 6.57. The molecule has 1 saturated heterocycles. The molecule has 34 heavy (non-hydrogen) atoms. The molecule has 178 valence electrons. The molecule has 2 aromatic carbocycles. The van der Waals surface area contributed by atoms with Crippen molar-refractivity contribution < 1.29 is 14.8 Å². The van der Waals surface area contributed by atoms with E-state index in [1.54, 1.807) is 17.6 Å². The Morgan fingerprint density at radius 3 is 2.38 bits per heavy atom. The number of allylic oxidation sites excluding steroid dienone is 2. The summed E-state index contributed by atoms with van der Waals surface area (Å²) in [4.78, 5) is 29.3. The van der Waals surface area contributed by atoms with Crippen LogP contribution in [0.5, 0.6) is 0 Å². The van der Waals surface area contributed by atoms with Crippen molar-refractivity contribution >= 4 is 17.4 Å². The largest absolute Gasteiger partial charge is 0.385 e. The Bertz CT molecular complexity index is 1100. The second-order valence-electron chi connectivity index (χ2n) is 9.21. The summed E-state index contributed by atoms with van der Waals surface area (Å²) in [7, 11) is 0. The summed E-state index contributed by atoms with van der Waals surface area (Å²) >= 11 is 0. The van der Waals surface area contributed by atoms with Crippen LogP contribution in [0.2, 0.25) is 0 Å². The van der Waals surface area contributed by atoms with E-state index < -0.39 is 5.91 Å². The van der Waals surface area contributed by atoms with Gasteiger partial charge in [-0.3, -0.25) is 19.7 Å². The van der Waals surface area contributed by atoms with Crippen molar-refractivity contribution in [3.05, 3.63) is 89.1 Å². The van der Waals surface area contributed by atoms with E-state index in [-0.39, 0.29) is 24.0 Å². The highest BCUT2D eigenvalue weighted by molar-refractivity contribution is 5.95. The monoisotopic (exact) mass is 460 g/mol. The average Bonchev–Trinajstić information content (AvgIpc) is 2.85. The van der Waals surface area contributed by atoms with Crippen LogP contribution in [0.4, 0.5) is 0 Å². The Kier molecular flexibility index (Phi) is 7.14. The van der Waals surface area contributed by atoms with Gasteiger partial charge in [0.15, 0.2) is 0 Å². The summed E-state index contributed by atoms with van der Waals surface area (Å²) in [5.41, 5.74) is 6.03. The van der Waals surface area contributed by atoms with Crippen molar-refractivity contribution in [3.8, 4) is 0 Å². The number of nitrogens with one attached hydrogen (secondary N) is 2. The van der Waals surface area contributed by atoms with Gasteiger partial charge in [0.2, 0.25) is 0 Å². The van der Waals surface area contributed by atoms with Crippen molar-refractivity contribution in [2.24, 2.45) is 0 Å². The number of hydrogen-bond acceptors (Lipinski definition) is 5. The number of carbonyl (C=O) groups is 2. The molecule has 0 saturated carbocycles. The minimum Gasteiger partial charge on any atom is -0.385 e. The van der Waals surface area contributed by atoms with E-state index in [4.69, 9.17) is 5.21 Å². The molecule has 2 aliphatic heterocycles. The molecule has 0 radical (unpaired) electrons. The zero-order valence-electron chi connectivity index (χ0n) is 19.9. The summed E-state index contributed by atoms with van der Waals surface area (Å²) in [6.07, 6.45) is 6.15. The molecule has 4 rings (SSSR count). The van der Waals surface area contributed by atoms with Gasteiger partial charge in [-0.25, -0.2) is 5.48 Å². The van der Waals surface area contributed by atoms with Crippen molar-refractivity contribution in [2.75, 3.05) is 13.1 Å². The third-order valence-electron chi connectivity index (χ3n) is 6.57. The van der Waals surface area contributed by atoms with E-state index >= 15 is 0 Å². The lowest BCUT2D eigenvalue weighted by molar-refractivity contribution is 0.0269. The van der Waals surface area contributed by atoms with Crippen LogP contribution in [-0.4, -0.2) is 58.0 Å². The Morgan fingerprint density at radius 1 is 1.03 bits per heavy atom. The van der Waals surface area contributed by atoms with Crippen molar-refractivity contribution in [1.82, 2.24) is 20.6 Å². The number of benzene rings is 2. The molecule has 2 aromatic rings. The van der Waals surface area contributed by atoms with Gasteiger partial charge in [0.05, 0.1) is 0 Å². The van der Waals surface area contributed by atoms with Crippen LogP contribution in [0.3, 0.4) is 0 Å². The Morgan fingerprint density at radius 2 is 1.74 bits per heavy atom. The highest BCUT2D eigenvalue weighted by atomic mass is 16.5. The van der Waals surface area contributed by atoms with Crippen LogP contribution in [0, 0.1) is 0 Å². The molecule has 0 spiro atoms. The van der Waals surface area contributed by atoms with Crippen molar-refractivity contribution in [3.63, 3.8) is 0 Å². The second-order valence-corrected chi connectivity index (χ2v) is 9.21. The molecule has 0 aromatic heterocycles. The molecule has 7 nitrogen and oxygen atoms in total. The van der Waals surface area contributed by atoms with Gasteiger partial charge in [0.1, 0.15) is 0 Å². The highest BCUT2D eigenvalue weighted by Crippen LogP contribution is 2.24. The maximum absolute atomic E-state index is 13.4. The lowest BCUT2D eigenvalue weighted by Gasteiger charge is -2.44. The van der Waals surface area contributed by atoms with E-state index in [0.717, 1.165) is 23.2 Å². The maximum atomic E-state index is 13.4. The van der Waals surface area contributed by atoms with Crippen LogP contribution in [0.15, 0.2) is 66.9 Å². The molecular weight excluding hydrogens is 428 g/mol. The molecular formula is C27H32N4O3. The van der Waals surface area contributed by atoms with Gasteiger partial charge in [0.25, 0.3) is 11.8 Å². The molecule has 3 N–H and O–H groups in total. The van der Waals surface area contributed by atoms with E-state index in [9.17, 15) is 9.59 Å². The number of hydrogen-bond donors (Lipinski definition) is 3. The lowest BCUT2D eigenvalue weighted by atomic mass is 9.98. The van der Waals surface area contributed by atoms with Crippen LogP contribution in [0.25, 0.3) is 5.57 Å². The number of dihydropyridines is 1. The van der Waals surface area contributed by atoms with Gasteiger partial charge in [0, 0.05) is 48.9 Å². The molecule has 7 heteroatoms. The van der Waals surface area contributed by atoms with Crippen LogP contribution < -0.4 is 10.8 Å². The fourth-order valence-electron chi connectivity index (χ4n) is 4.74. The number of hydroxylamine groups is 1. The van der Waals surface area contributed by atoms with Crippen LogP contribution in [0.1, 0.15) is 52.6 Å². The van der Waals surface area contributed by atoms with E-state index in [1.165, 1.54) is 0 Å². The summed E-state index contributed by atoms with van der Waals surface area (Å²) in [6, 6.07) is 15.7. The number of carbonyl (C=O) groups excluding carboxylic acids is 2. The summed E-state index contributed by atoms with van der Waals surface area (Å²) < 4.78 is 0. The highest BCUT2D eigenvalue weighted by Gasteiger charge is 2.32. The van der Waals surface area contributed by atoms with E-state index in [2.05, 4.69) is 37.1 Å². The molecule has 1 fully saturated rings. The number of rotatable bonds is 5. The van der Waals surface area contributed by atoms with Crippen molar-refractivity contribution in [1.29, 1.82) is 0 Å². The topological polar surface area (TPSA) is 84.9 Å². The zero-order valence-corrected chi connectivity index (χ0v) is 19.9. The molecule has 2 aliphatic rings. The van der Waals surface area contributed by atoms with E-state index in [1.807, 2.05) is 53.6 Å². The van der Waals surface area contributed by atoms with Gasteiger partial charge in [-0.2, -0.15) is 0 Å². The van der Waals surface area contributed by atoms with Crippen molar-refractivity contribution in [2.45, 2.75) is 45.4 Å². The van der Waals surface area contributed by atoms with Crippen LogP contribution >= 0.6 is 0 Å². The predicted octanol–water partition coefficient (Wildman–Crippen LogP) is 3.43. The van der Waals surface area contributed by atoms with Gasteiger partial charge < -0.3 is 10.2 Å². The first-order valence-corrected chi connectivity index (χ1v) is 11.7. The number of nitrogens with zero attached hydrogens (tertiary/aromatic N) is 2. The molecule has 1 unspecified atom stereocenters. The number of amides is 2. The minimum absolute atomic E-state index is 0.0612. The Hall–Kier alpha value is -3.42. The quantitative estimate of drug-likeness (QED) is 0.470. The first kappa shape index (κ1) is 23.7. The summed E-state index contributed by atoms with van der Waals surface area (Å²) in [5.74, 6) is -0.461. The molecule has 2 amide bonds. The Balaban J connectivity index is 1.43. The Labute approximate surface area is 200 Å². The summed E-state index contributed by atoms with van der Waals surface area (Å²) in [6.45, 7) is 8.43. The molecule has 0 aliphatic carbocycles. The SMILES string of the molecule is CC1C=C(c2cccc(C(=O)N3C[C@@H](C)N(Cc4ccc(C(=O)NO)cc4)[C@@H](C)C3)c2)C=CN1.